The van der Waals surface area contributed by atoms with Crippen molar-refractivity contribution in [2.45, 2.75) is 36.3 Å². The summed E-state index contributed by atoms with van der Waals surface area (Å²) in [6, 6.07) is 6.61. The second-order valence-corrected chi connectivity index (χ2v) is 6.78. The van der Waals surface area contributed by atoms with Gasteiger partial charge in [-0.25, -0.2) is 0 Å². The van der Waals surface area contributed by atoms with E-state index in [1.54, 1.807) is 0 Å². The molecular formula is C11H13BrS. The Balaban J connectivity index is 2.38. The molecule has 0 saturated carbocycles. The second kappa shape index (κ2) is 3.32. The van der Waals surface area contributed by atoms with Gasteiger partial charge >= 0.3 is 0 Å². The van der Waals surface area contributed by atoms with Crippen LogP contribution in [0.4, 0.5) is 0 Å². The van der Waals surface area contributed by atoms with E-state index >= 15 is 0 Å². The fourth-order valence-electron chi connectivity index (χ4n) is 1.61. The van der Waals surface area contributed by atoms with Gasteiger partial charge in [-0.15, -0.1) is 11.8 Å². The van der Waals surface area contributed by atoms with Gasteiger partial charge in [0.2, 0.25) is 0 Å². The molecule has 0 radical (unpaired) electrons. The molecule has 0 spiro atoms. The van der Waals surface area contributed by atoms with Gasteiger partial charge in [0, 0.05) is 14.1 Å². The lowest BCUT2D eigenvalue weighted by Gasteiger charge is -2.30. The highest BCUT2D eigenvalue weighted by Gasteiger charge is 2.25. The number of thioether (sulfide) groups is 1. The molecule has 0 saturated heterocycles. The van der Waals surface area contributed by atoms with Crippen molar-refractivity contribution in [2.75, 3.05) is 0 Å². The lowest BCUT2D eigenvalue weighted by molar-refractivity contribution is 0.621. The van der Waals surface area contributed by atoms with Gasteiger partial charge in [-0.3, -0.25) is 0 Å². The number of benzene rings is 1. The highest BCUT2D eigenvalue weighted by Crippen LogP contribution is 2.43. The van der Waals surface area contributed by atoms with E-state index in [0.717, 1.165) is 0 Å². The topological polar surface area (TPSA) is 0 Å². The number of hydrogen-bond donors (Lipinski definition) is 0. The average Bonchev–Trinajstić information content (AvgIpc) is 2.01. The molecule has 1 heterocycles. The Morgan fingerprint density at radius 1 is 1.38 bits per heavy atom. The van der Waals surface area contributed by atoms with Crippen LogP contribution in [-0.2, 0) is 6.42 Å². The molecule has 0 fully saturated rings. The van der Waals surface area contributed by atoms with E-state index in [-0.39, 0.29) is 0 Å². The number of aryl methyl sites for hydroxylation is 1. The van der Waals surface area contributed by atoms with Crippen LogP contribution in [0.2, 0.25) is 0 Å². The maximum Gasteiger partial charge on any atom is 0.0186 e. The van der Waals surface area contributed by atoms with E-state index in [2.05, 4.69) is 48.0 Å². The Morgan fingerprint density at radius 3 is 2.92 bits per heavy atom. The lowest BCUT2D eigenvalue weighted by Crippen LogP contribution is -2.19. The zero-order chi connectivity index (χ0) is 9.47. The van der Waals surface area contributed by atoms with Gasteiger partial charge < -0.3 is 0 Å². The van der Waals surface area contributed by atoms with Crippen LogP contribution in [0.15, 0.2) is 27.6 Å². The number of fused-ring (bicyclic) bond motifs is 1. The molecule has 0 N–H and O–H groups in total. The SMILES string of the molecule is CC1(C)CCc2ccc(Br)cc2S1. The van der Waals surface area contributed by atoms with Crippen LogP contribution in [0, 0.1) is 0 Å². The molecule has 1 aliphatic heterocycles. The second-order valence-electron chi connectivity index (χ2n) is 4.11. The molecule has 13 heavy (non-hydrogen) atoms. The molecule has 0 aromatic heterocycles. The summed E-state index contributed by atoms with van der Waals surface area (Å²) in [5.41, 5.74) is 1.51. The van der Waals surface area contributed by atoms with Crippen molar-refractivity contribution in [1.82, 2.24) is 0 Å². The third-order valence-corrected chi connectivity index (χ3v) is 4.26. The average molecular weight is 257 g/mol. The lowest BCUT2D eigenvalue weighted by atomic mass is 10.0. The molecule has 1 aromatic carbocycles. The molecule has 1 aliphatic rings. The van der Waals surface area contributed by atoms with Crippen molar-refractivity contribution < 1.29 is 0 Å². The molecule has 1 aromatic rings. The number of halogens is 1. The third-order valence-electron chi connectivity index (χ3n) is 2.41. The zero-order valence-corrected chi connectivity index (χ0v) is 10.3. The summed E-state index contributed by atoms with van der Waals surface area (Å²) in [6.07, 6.45) is 2.51. The van der Waals surface area contributed by atoms with Crippen LogP contribution in [0.5, 0.6) is 0 Å². The molecule has 0 aliphatic carbocycles. The van der Waals surface area contributed by atoms with Crippen LogP contribution in [0.1, 0.15) is 25.8 Å². The predicted octanol–water partition coefficient (Wildman–Crippen LogP) is 4.27. The van der Waals surface area contributed by atoms with Gasteiger partial charge in [-0.1, -0.05) is 35.8 Å². The molecule has 0 bridgehead atoms. The molecule has 2 rings (SSSR count). The van der Waals surface area contributed by atoms with E-state index in [9.17, 15) is 0 Å². The fourth-order valence-corrected chi connectivity index (χ4v) is 3.41. The normalized spacial score (nSPS) is 19.6. The maximum atomic E-state index is 3.51. The van der Waals surface area contributed by atoms with E-state index in [4.69, 9.17) is 0 Å². The summed E-state index contributed by atoms with van der Waals surface area (Å²) >= 11 is 5.51. The predicted molar refractivity (Wildman–Crippen MR) is 62.4 cm³/mol. The zero-order valence-electron chi connectivity index (χ0n) is 7.93. The number of hydrogen-bond acceptors (Lipinski definition) is 1. The van der Waals surface area contributed by atoms with Gasteiger partial charge in [0.25, 0.3) is 0 Å². The Morgan fingerprint density at radius 2 is 2.15 bits per heavy atom. The van der Waals surface area contributed by atoms with Crippen LogP contribution in [-0.4, -0.2) is 4.75 Å². The van der Waals surface area contributed by atoms with Crippen molar-refractivity contribution in [1.29, 1.82) is 0 Å². The summed E-state index contributed by atoms with van der Waals surface area (Å²) < 4.78 is 1.60. The summed E-state index contributed by atoms with van der Waals surface area (Å²) in [4.78, 5) is 1.45. The number of rotatable bonds is 0. The van der Waals surface area contributed by atoms with Crippen molar-refractivity contribution in [3.63, 3.8) is 0 Å². The smallest absolute Gasteiger partial charge is 0.0186 e. The first-order valence-corrected chi connectivity index (χ1v) is 6.15. The van der Waals surface area contributed by atoms with E-state index < -0.39 is 0 Å². The van der Waals surface area contributed by atoms with Crippen LogP contribution >= 0.6 is 27.7 Å². The molecule has 0 unspecified atom stereocenters. The first-order valence-electron chi connectivity index (χ1n) is 4.54. The molecule has 70 valence electrons. The van der Waals surface area contributed by atoms with Crippen molar-refractivity contribution in [3.8, 4) is 0 Å². The van der Waals surface area contributed by atoms with Gasteiger partial charge in [0.05, 0.1) is 0 Å². The summed E-state index contributed by atoms with van der Waals surface area (Å²) in [7, 11) is 0. The van der Waals surface area contributed by atoms with Crippen molar-refractivity contribution in [2.24, 2.45) is 0 Å². The molecule has 0 amide bonds. The monoisotopic (exact) mass is 256 g/mol. The van der Waals surface area contributed by atoms with Gasteiger partial charge in [-0.2, -0.15) is 0 Å². The van der Waals surface area contributed by atoms with Gasteiger partial charge in [0.1, 0.15) is 0 Å². The third kappa shape index (κ3) is 2.10. The maximum absolute atomic E-state index is 3.51. The highest BCUT2D eigenvalue weighted by molar-refractivity contribution is 9.10. The van der Waals surface area contributed by atoms with Gasteiger partial charge in [-0.05, 0) is 30.5 Å². The highest BCUT2D eigenvalue weighted by atomic mass is 79.9. The summed E-state index contributed by atoms with van der Waals surface area (Å²) in [5, 5.41) is 0. The summed E-state index contributed by atoms with van der Waals surface area (Å²) in [5.74, 6) is 0. The first-order chi connectivity index (χ1) is 6.07. The van der Waals surface area contributed by atoms with E-state index in [1.165, 1.54) is 27.8 Å². The Kier molecular flexibility index (Phi) is 2.45. The standard InChI is InChI=1S/C11H13BrS/c1-11(2)6-5-8-3-4-9(12)7-10(8)13-11/h3-4,7H,5-6H2,1-2H3. The molecule has 0 atom stereocenters. The fraction of sp³-hybridized carbons (Fsp3) is 0.455. The largest absolute Gasteiger partial charge is 0.120 e. The Hall–Kier alpha value is 0.0500. The van der Waals surface area contributed by atoms with Crippen LogP contribution in [0.3, 0.4) is 0 Å². The van der Waals surface area contributed by atoms with E-state index in [0.29, 0.717) is 4.75 Å². The van der Waals surface area contributed by atoms with Gasteiger partial charge in [0.15, 0.2) is 0 Å². The van der Waals surface area contributed by atoms with Crippen molar-refractivity contribution >= 4 is 27.7 Å². The first kappa shape index (κ1) is 9.60. The van der Waals surface area contributed by atoms with Crippen molar-refractivity contribution in [3.05, 3.63) is 28.2 Å². The Bertz CT molecular complexity index is 331. The molecule has 2 heteroatoms. The minimum Gasteiger partial charge on any atom is -0.120 e. The molecular weight excluding hydrogens is 244 g/mol. The Labute approximate surface area is 92.2 Å². The van der Waals surface area contributed by atoms with E-state index in [1.807, 2.05) is 11.8 Å². The van der Waals surface area contributed by atoms with Crippen LogP contribution < -0.4 is 0 Å². The molecule has 0 nitrogen and oxygen atoms in total. The van der Waals surface area contributed by atoms with Crippen LogP contribution in [0.25, 0.3) is 0 Å². The quantitative estimate of drug-likeness (QED) is 0.669. The minimum absolute atomic E-state index is 0.411. The summed E-state index contributed by atoms with van der Waals surface area (Å²) in [6.45, 7) is 4.64. The minimum atomic E-state index is 0.411.